The molecule has 6 heteroatoms. The van der Waals surface area contributed by atoms with Crippen LogP contribution in [0.2, 0.25) is 0 Å². The van der Waals surface area contributed by atoms with Gasteiger partial charge in [-0.05, 0) is 12.1 Å². The molecule has 0 aromatic heterocycles. The monoisotopic (exact) mass is 318 g/mol. The summed E-state index contributed by atoms with van der Waals surface area (Å²) in [6.07, 6.45) is -0.817. The average Bonchev–Trinajstić information content (AvgIpc) is 2.96. The van der Waals surface area contributed by atoms with Gasteiger partial charge >= 0.3 is 11.9 Å². The minimum Gasteiger partial charge on any atom is -0.478 e. The molecule has 3 unspecified atom stereocenters. The van der Waals surface area contributed by atoms with Crippen molar-refractivity contribution in [3.05, 3.63) is 35.4 Å². The molecule has 0 radical (unpaired) electrons. The van der Waals surface area contributed by atoms with Crippen LogP contribution in [-0.4, -0.2) is 47.6 Å². The Bertz CT molecular complexity index is 667. The van der Waals surface area contributed by atoms with Crippen LogP contribution in [0.1, 0.15) is 34.6 Å². The molecular formula is C17H18O6. The first kappa shape index (κ1) is 14.7. The predicted octanol–water partition coefficient (Wildman–Crippen LogP) is 1.73. The molecule has 4 fully saturated rings. The molecule has 23 heavy (non-hydrogen) atoms. The van der Waals surface area contributed by atoms with Gasteiger partial charge in [0.15, 0.2) is 6.10 Å². The number of benzene rings is 1. The molecule has 4 aliphatic rings. The molecule has 1 aromatic carbocycles. The molecule has 122 valence electrons. The zero-order valence-corrected chi connectivity index (χ0v) is 12.8. The topological polar surface area (TPSA) is 82.1 Å². The molecule has 5 rings (SSSR count). The lowest BCUT2D eigenvalue weighted by atomic mass is 9.87. The van der Waals surface area contributed by atoms with E-state index < -0.39 is 18.0 Å². The van der Waals surface area contributed by atoms with Gasteiger partial charge in [-0.3, -0.25) is 0 Å². The quantitative estimate of drug-likeness (QED) is 0.855. The second-order valence-corrected chi connectivity index (χ2v) is 6.57. The van der Waals surface area contributed by atoms with E-state index in [9.17, 15) is 14.7 Å². The first-order chi connectivity index (χ1) is 11.0. The van der Waals surface area contributed by atoms with Crippen molar-refractivity contribution in [2.24, 2.45) is 11.8 Å². The van der Waals surface area contributed by atoms with Crippen LogP contribution in [0.5, 0.6) is 0 Å². The second-order valence-electron chi connectivity index (χ2n) is 6.57. The highest BCUT2D eigenvalue weighted by Gasteiger charge is 2.65. The van der Waals surface area contributed by atoms with Gasteiger partial charge in [-0.25, -0.2) is 9.59 Å². The Balaban J connectivity index is 1.58. The minimum absolute atomic E-state index is 0.0475. The number of rotatable bonds is 3. The first-order valence-corrected chi connectivity index (χ1v) is 7.83. The van der Waals surface area contributed by atoms with Crippen LogP contribution in [0.15, 0.2) is 24.3 Å². The van der Waals surface area contributed by atoms with Crippen molar-refractivity contribution in [2.45, 2.75) is 44.4 Å². The Morgan fingerprint density at radius 3 is 2.26 bits per heavy atom. The molecule has 4 heterocycles. The molecule has 0 spiro atoms. The van der Waals surface area contributed by atoms with E-state index in [1.807, 2.05) is 6.92 Å². The summed E-state index contributed by atoms with van der Waals surface area (Å²) in [5.74, 6) is -1.37. The van der Waals surface area contributed by atoms with Gasteiger partial charge in [0.1, 0.15) is 12.2 Å². The standard InChI is InChI=1S/C17H18O6/c1-7-11-8(2)13-15(14(21-11)12(7)22-13)23-17(20)10-6-4-3-5-9(10)16(18)19/h3-8,11-15H,1-2H3,(H,18,19)/t7?,8?,11?,12-,13+,14+,15+/m0/s1. The summed E-state index contributed by atoms with van der Waals surface area (Å²) in [6, 6.07) is 6.05. The van der Waals surface area contributed by atoms with E-state index in [4.69, 9.17) is 14.2 Å². The minimum atomic E-state index is -1.15. The number of carbonyl (C=O) groups is 2. The Hall–Kier alpha value is -1.92. The molecule has 7 atom stereocenters. The maximum atomic E-state index is 12.5. The molecule has 0 amide bonds. The third kappa shape index (κ3) is 2.01. The molecule has 1 aromatic rings. The zero-order valence-electron chi connectivity index (χ0n) is 12.8. The smallest absolute Gasteiger partial charge is 0.339 e. The normalized spacial score (nSPS) is 40.3. The highest BCUT2D eigenvalue weighted by Crippen LogP contribution is 2.50. The van der Waals surface area contributed by atoms with E-state index >= 15 is 0 Å². The number of carbonyl (C=O) groups excluding carboxylic acids is 1. The Morgan fingerprint density at radius 2 is 1.57 bits per heavy atom. The fraction of sp³-hybridized carbons (Fsp3) is 0.529. The lowest BCUT2D eigenvalue weighted by molar-refractivity contribution is -0.152. The van der Waals surface area contributed by atoms with Gasteiger partial charge in [0.05, 0.1) is 23.3 Å². The van der Waals surface area contributed by atoms with Crippen LogP contribution in [0.4, 0.5) is 0 Å². The van der Waals surface area contributed by atoms with E-state index in [-0.39, 0.29) is 47.4 Å². The third-order valence-electron chi connectivity index (χ3n) is 5.29. The highest BCUT2D eigenvalue weighted by atomic mass is 16.6. The fourth-order valence-electron chi connectivity index (χ4n) is 4.16. The van der Waals surface area contributed by atoms with Gasteiger partial charge in [0, 0.05) is 11.8 Å². The maximum Gasteiger partial charge on any atom is 0.339 e. The van der Waals surface area contributed by atoms with E-state index in [1.54, 1.807) is 12.1 Å². The largest absolute Gasteiger partial charge is 0.478 e. The van der Waals surface area contributed by atoms with Crippen molar-refractivity contribution in [2.75, 3.05) is 0 Å². The summed E-state index contributed by atoms with van der Waals surface area (Å²) in [6.45, 7) is 4.13. The second kappa shape index (κ2) is 5.04. The van der Waals surface area contributed by atoms with Crippen molar-refractivity contribution < 1.29 is 28.9 Å². The van der Waals surface area contributed by atoms with Gasteiger partial charge in [-0.1, -0.05) is 26.0 Å². The predicted molar refractivity (Wildman–Crippen MR) is 78.3 cm³/mol. The number of hydrogen-bond acceptors (Lipinski definition) is 5. The number of ether oxygens (including phenoxy) is 3. The Kier molecular flexibility index (Phi) is 3.21. The number of hydrogen-bond donors (Lipinski definition) is 1. The summed E-state index contributed by atoms with van der Waals surface area (Å²) in [5, 5.41) is 9.21. The first-order valence-electron chi connectivity index (χ1n) is 7.83. The van der Waals surface area contributed by atoms with Gasteiger partial charge in [0.2, 0.25) is 0 Å². The Morgan fingerprint density at radius 1 is 0.957 bits per heavy atom. The molecule has 1 N–H and O–H groups in total. The number of aromatic carboxylic acids is 1. The van der Waals surface area contributed by atoms with E-state index in [0.29, 0.717) is 0 Å². The summed E-state index contributed by atoms with van der Waals surface area (Å²) >= 11 is 0. The number of esters is 1. The van der Waals surface area contributed by atoms with E-state index in [1.165, 1.54) is 12.1 Å². The van der Waals surface area contributed by atoms with Gasteiger partial charge in [-0.2, -0.15) is 0 Å². The summed E-state index contributed by atoms with van der Waals surface area (Å²) in [5.41, 5.74) is -0.00812. The molecule has 0 saturated carbocycles. The van der Waals surface area contributed by atoms with Gasteiger partial charge in [-0.15, -0.1) is 0 Å². The molecular weight excluding hydrogens is 300 g/mol. The average molecular weight is 318 g/mol. The number of carboxylic acids is 1. The molecule has 6 nitrogen and oxygen atoms in total. The van der Waals surface area contributed by atoms with E-state index in [2.05, 4.69) is 6.92 Å². The van der Waals surface area contributed by atoms with Crippen LogP contribution in [0.3, 0.4) is 0 Å². The van der Waals surface area contributed by atoms with Crippen LogP contribution < -0.4 is 0 Å². The van der Waals surface area contributed by atoms with Crippen molar-refractivity contribution in [1.82, 2.24) is 0 Å². The summed E-state index contributed by atoms with van der Waals surface area (Å²) in [4.78, 5) is 23.7. The van der Waals surface area contributed by atoms with Crippen molar-refractivity contribution in [1.29, 1.82) is 0 Å². The zero-order chi connectivity index (χ0) is 16.3. The number of carboxylic acid groups (broad SMARTS) is 1. The summed E-state index contributed by atoms with van der Waals surface area (Å²) < 4.78 is 17.6. The molecule has 4 aliphatic heterocycles. The van der Waals surface area contributed by atoms with Gasteiger partial charge in [0.25, 0.3) is 0 Å². The van der Waals surface area contributed by atoms with Crippen LogP contribution >= 0.6 is 0 Å². The molecule has 4 bridgehead atoms. The van der Waals surface area contributed by atoms with Crippen molar-refractivity contribution in [3.8, 4) is 0 Å². The van der Waals surface area contributed by atoms with Crippen LogP contribution in [0, 0.1) is 11.8 Å². The van der Waals surface area contributed by atoms with Crippen LogP contribution in [-0.2, 0) is 14.2 Å². The summed E-state index contributed by atoms with van der Waals surface area (Å²) in [7, 11) is 0. The molecule has 4 saturated heterocycles. The fourth-order valence-corrected chi connectivity index (χ4v) is 4.16. The highest BCUT2D eigenvalue weighted by molar-refractivity contribution is 6.02. The van der Waals surface area contributed by atoms with Crippen molar-refractivity contribution in [3.63, 3.8) is 0 Å². The lowest BCUT2D eigenvalue weighted by Gasteiger charge is -2.38. The van der Waals surface area contributed by atoms with Crippen molar-refractivity contribution >= 4 is 11.9 Å². The SMILES string of the molecule is CC1C2O[C@H]3[C@H](OC(=O)c4ccccc4C(=O)O)[C@@H]1O[C@H]3C2C. The lowest BCUT2D eigenvalue weighted by Crippen LogP contribution is -2.49. The third-order valence-corrected chi connectivity index (χ3v) is 5.29. The Labute approximate surface area is 133 Å². The van der Waals surface area contributed by atoms with E-state index in [0.717, 1.165) is 0 Å². The van der Waals surface area contributed by atoms with Gasteiger partial charge < -0.3 is 19.3 Å². The molecule has 0 aliphatic carbocycles. The van der Waals surface area contributed by atoms with Crippen LogP contribution in [0.25, 0.3) is 0 Å². The maximum absolute atomic E-state index is 12.5.